The quantitative estimate of drug-likeness (QED) is 0.581. The van der Waals surface area contributed by atoms with Crippen LogP contribution < -0.4 is 9.88 Å². The molecule has 0 saturated heterocycles. The zero-order valence-electron chi connectivity index (χ0n) is 9.13. The minimum absolute atomic E-state index is 0.0694. The van der Waals surface area contributed by atoms with Gasteiger partial charge >= 0.3 is 5.91 Å². The average Bonchev–Trinajstić information content (AvgIpc) is 2.68. The molecular weight excluding hydrogens is 212 g/mol. The summed E-state index contributed by atoms with van der Waals surface area (Å²) in [4.78, 5) is 11.8. The second-order valence-electron chi connectivity index (χ2n) is 3.85. The van der Waals surface area contributed by atoms with Crippen molar-refractivity contribution in [1.82, 2.24) is 0 Å². The summed E-state index contributed by atoms with van der Waals surface area (Å²) in [6.07, 6.45) is 3.76. The molecule has 1 aromatic heterocycles. The summed E-state index contributed by atoms with van der Waals surface area (Å²) < 4.78 is 1.86. The molecule has 0 atom stereocenters. The van der Waals surface area contributed by atoms with Gasteiger partial charge in [-0.3, -0.25) is 0 Å². The Morgan fingerprint density at radius 1 is 1.00 bits per heavy atom. The number of aromatic nitrogens is 1. The molecule has 1 aliphatic rings. The summed E-state index contributed by atoms with van der Waals surface area (Å²) in [6.45, 7) is 0. The number of benzene rings is 1. The van der Waals surface area contributed by atoms with Crippen molar-refractivity contribution >= 4 is 23.5 Å². The Morgan fingerprint density at radius 3 is 2.59 bits per heavy atom. The molecule has 0 bridgehead atoms. The van der Waals surface area contributed by atoms with Crippen LogP contribution in [0.3, 0.4) is 0 Å². The van der Waals surface area contributed by atoms with Crippen molar-refractivity contribution in [2.24, 2.45) is 0 Å². The molecule has 1 aliphatic heterocycles. The number of carbonyl (C=O) groups excluding carboxylic acids is 1. The molecule has 82 valence electrons. The molecule has 1 aromatic carbocycles. The fraction of sp³-hybridized carbons (Fsp3) is 0. The second kappa shape index (κ2) is 3.87. The van der Waals surface area contributed by atoms with Crippen LogP contribution >= 0.6 is 0 Å². The van der Waals surface area contributed by atoms with Crippen molar-refractivity contribution in [1.29, 1.82) is 0 Å². The summed E-state index contributed by atoms with van der Waals surface area (Å²) in [5.74, 6) is 0.736. The first-order chi connectivity index (χ1) is 8.34. The number of fused-ring (bicyclic) bond motifs is 1. The van der Waals surface area contributed by atoms with Crippen molar-refractivity contribution in [3.8, 4) is 0 Å². The van der Waals surface area contributed by atoms with Gasteiger partial charge in [-0.2, -0.15) is 4.57 Å². The highest BCUT2D eigenvalue weighted by molar-refractivity contribution is 6.23. The summed E-state index contributed by atoms with van der Waals surface area (Å²) in [7, 11) is 0. The van der Waals surface area contributed by atoms with Crippen LogP contribution in [0.15, 0.2) is 54.7 Å². The van der Waals surface area contributed by atoms with Gasteiger partial charge in [-0.1, -0.05) is 36.4 Å². The molecule has 2 aromatic rings. The topological polar surface area (TPSA) is 33.0 Å². The van der Waals surface area contributed by atoms with Crippen LogP contribution in [-0.4, -0.2) is 5.91 Å². The van der Waals surface area contributed by atoms with E-state index in [2.05, 4.69) is 5.32 Å². The summed E-state index contributed by atoms with van der Waals surface area (Å²) in [5, 5.41) is 2.82. The number of amides is 1. The maximum Gasteiger partial charge on any atom is 0.379 e. The van der Waals surface area contributed by atoms with Gasteiger partial charge in [0.05, 0.1) is 6.20 Å². The monoisotopic (exact) mass is 223 g/mol. The molecule has 0 aliphatic carbocycles. The molecule has 0 saturated carbocycles. The normalized spacial score (nSPS) is 15.8. The van der Waals surface area contributed by atoms with Crippen LogP contribution in [0.2, 0.25) is 0 Å². The largest absolute Gasteiger partial charge is 0.379 e. The summed E-state index contributed by atoms with van der Waals surface area (Å²) in [5.41, 5.74) is 1.66. The van der Waals surface area contributed by atoms with Crippen molar-refractivity contribution in [3.05, 3.63) is 60.3 Å². The van der Waals surface area contributed by atoms with E-state index in [1.807, 2.05) is 65.4 Å². The molecule has 3 rings (SSSR count). The van der Waals surface area contributed by atoms with Gasteiger partial charge in [0.2, 0.25) is 5.70 Å². The van der Waals surface area contributed by atoms with Crippen LogP contribution in [0.25, 0.3) is 11.8 Å². The molecule has 1 amide bonds. The van der Waals surface area contributed by atoms with E-state index in [-0.39, 0.29) is 5.91 Å². The van der Waals surface area contributed by atoms with Crippen LogP contribution in [0.5, 0.6) is 0 Å². The van der Waals surface area contributed by atoms with Gasteiger partial charge in [-0.05, 0) is 11.6 Å². The maximum absolute atomic E-state index is 11.8. The van der Waals surface area contributed by atoms with Crippen molar-refractivity contribution < 1.29 is 9.36 Å². The van der Waals surface area contributed by atoms with Crippen LogP contribution in [-0.2, 0) is 4.79 Å². The smallest absolute Gasteiger partial charge is 0.237 e. The van der Waals surface area contributed by atoms with Gasteiger partial charge in [0.15, 0.2) is 0 Å². The standard InChI is InChI=1S/C14H10N2O/c17-14-12(10-11-6-2-1-3-7-11)16-9-5-4-8-13(16)15-14/h1-10H/p+1/b12-10+. The van der Waals surface area contributed by atoms with E-state index in [4.69, 9.17) is 0 Å². The van der Waals surface area contributed by atoms with E-state index >= 15 is 0 Å². The Labute approximate surface area is 99.0 Å². The van der Waals surface area contributed by atoms with E-state index in [9.17, 15) is 4.79 Å². The Hall–Kier alpha value is -2.42. The van der Waals surface area contributed by atoms with Crippen molar-refractivity contribution in [3.63, 3.8) is 0 Å². The number of anilines is 1. The predicted molar refractivity (Wildman–Crippen MR) is 65.9 cm³/mol. The highest BCUT2D eigenvalue weighted by Gasteiger charge is 2.31. The molecule has 0 radical (unpaired) electrons. The Morgan fingerprint density at radius 2 is 1.76 bits per heavy atom. The number of nitrogens with zero attached hydrogens (tertiary/aromatic N) is 1. The third-order valence-electron chi connectivity index (χ3n) is 2.70. The lowest BCUT2D eigenvalue weighted by Crippen LogP contribution is -2.29. The van der Waals surface area contributed by atoms with Gasteiger partial charge in [0.1, 0.15) is 0 Å². The minimum atomic E-state index is -0.0694. The third-order valence-corrected chi connectivity index (χ3v) is 2.70. The zero-order valence-corrected chi connectivity index (χ0v) is 9.13. The predicted octanol–water partition coefficient (Wildman–Crippen LogP) is 1.92. The first-order valence-corrected chi connectivity index (χ1v) is 5.44. The first kappa shape index (κ1) is 9.78. The minimum Gasteiger partial charge on any atom is -0.237 e. The lowest BCUT2D eigenvalue weighted by Gasteiger charge is -1.94. The molecule has 0 unspecified atom stereocenters. The SMILES string of the molecule is O=C1Nc2cccc[n+]2/C1=C/c1ccccc1. The number of pyridine rings is 1. The molecule has 3 heteroatoms. The van der Waals surface area contributed by atoms with Crippen molar-refractivity contribution in [2.75, 3.05) is 5.32 Å². The summed E-state index contributed by atoms with van der Waals surface area (Å²) >= 11 is 0. The van der Waals surface area contributed by atoms with E-state index < -0.39 is 0 Å². The molecule has 0 fully saturated rings. The molecule has 2 heterocycles. The lowest BCUT2D eigenvalue weighted by molar-refractivity contribution is -0.556. The molecule has 1 N–H and O–H groups in total. The van der Waals surface area contributed by atoms with Crippen molar-refractivity contribution in [2.45, 2.75) is 0 Å². The molecular formula is C14H11N2O+. The van der Waals surface area contributed by atoms with Crippen LogP contribution in [0.1, 0.15) is 5.56 Å². The highest BCUT2D eigenvalue weighted by atomic mass is 16.2. The molecule has 17 heavy (non-hydrogen) atoms. The van der Waals surface area contributed by atoms with E-state index in [1.165, 1.54) is 0 Å². The maximum atomic E-state index is 11.8. The van der Waals surface area contributed by atoms with Gasteiger partial charge in [-0.15, -0.1) is 0 Å². The average molecular weight is 223 g/mol. The molecule has 0 spiro atoms. The second-order valence-corrected chi connectivity index (χ2v) is 3.85. The van der Waals surface area contributed by atoms with E-state index in [0.29, 0.717) is 5.70 Å². The van der Waals surface area contributed by atoms with Gasteiger partial charge < -0.3 is 0 Å². The number of hydrogen-bond donors (Lipinski definition) is 1. The Bertz CT molecular complexity index is 603. The first-order valence-electron chi connectivity index (χ1n) is 5.44. The fourth-order valence-corrected chi connectivity index (χ4v) is 1.89. The zero-order chi connectivity index (χ0) is 11.7. The Balaban J connectivity index is 2.10. The molecule has 3 nitrogen and oxygen atoms in total. The van der Waals surface area contributed by atoms with Gasteiger partial charge in [0.25, 0.3) is 5.82 Å². The van der Waals surface area contributed by atoms with Crippen LogP contribution in [0, 0.1) is 0 Å². The Kier molecular flexibility index (Phi) is 2.22. The third kappa shape index (κ3) is 1.72. The summed E-state index contributed by atoms with van der Waals surface area (Å²) in [6, 6.07) is 15.5. The van der Waals surface area contributed by atoms with Crippen LogP contribution in [0.4, 0.5) is 5.82 Å². The number of carbonyl (C=O) groups is 1. The van der Waals surface area contributed by atoms with E-state index in [1.54, 1.807) is 0 Å². The lowest BCUT2D eigenvalue weighted by atomic mass is 10.2. The fourth-order valence-electron chi connectivity index (χ4n) is 1.89. The number of nitrogens with one attached hydrogen (secondary N) is 1. The van der Waals surface area contributed by atoms with Gasteiger partial charge in [0, 0.05) is 12.1 Å². The number of rotatable bonds is 1. The highest BCUT2D eigenvalue weighted by Crippen LogP contribution is 2.16. The van der Waals surface area contributed by atoms with E-state index in [0.717, 1.165) is 11.4 Å². The van der Waals surface area contributed by atoms with Gasteiger partial charge in [-0.25, -0.2) is 10.1 Å². The number of hydrogen-bond acceptors (Lipinski definition) is 1.